The lowest BCUT2D eigenvalue weighted by Crippen LogP contribution is -2.25. The van der Waals surface area contributed by atoms with Crippen molar-refractivity contribution < 1.29 is 14.6 Å². The number of aliphatic hydroxyl groups is 1. The van der Waals surface area contributed by atoms with Gasteiger partial charge in [-0.2, -0.15) is 0 Å². The lowest BCUT2D eigenvalue weighted by Gasteiger charge is -2.18. The number of hydrogen-bond acceptors (Lipinski definition) is 4. The second kappa shape index (κ2) is 9.33. The molecule has 2 atom stereocenters. The lowest BCUT2D eigenvalue weighted by molar-refractivity contribution is 0.0806. The van der Waals surface area contributed by atoms with E-state index in [1.54, 1.807) is 18.2 Å². The molecule has 0 aliphatic carbocycles. The molecule has 0 saturated carbocycles. The molecule has 3 aromatic rings. The number of rotatable bonds is 6. The summed E-state index contributed by atoms with van der Waals surface area (Å²) in [6.45, 7) is 1.22. The molecule has 1 aliphatic rings. The number of benzene rings is 2. The molecule has 1 aliphatic heterocycles. The van der Waals surface area contributed by atoms with Gasteiger partial charge >= 0.3 is 0 Å². The first kappa shape index (κ1) is 21.2. The van der Waals surface area contributed by atoms with Gasteiger partial charge in [0.15, 0.2) is 0 Å². The smallest absolute Gasteiger partial charge is 0.139 e. The van der Waals surface area contributed by atoms with Gasteiger partial charge in [0.1, 0.15) is 30.4 Å². The van der Waals surface area contributed by atoms with Crippen molar-refractivity contribution in [2.75, 3.05) is 13.2 Å². The van der Waals surface area contributed by atoms with E-state index < -0.39 is 6.10 Å². The van der Waals surface area contributed by atoms with Crippen molar-refractivity contribution in [3.8, 4) is 5.75 Å². The van der Waals surface area contributed by atoms with E-state index in [0.717, 1.165) is 36.3 Å². The van der Waals surface area contributed by atoms with E-state index in [1.165, 1.54) is 0 Å². The Balaban J connectivity index is 0.00000225. The van der Waals surface area contributed by atoms with Gasteiger partial charge in [-0.25, -0.2) is 4.98 Å². The molecule has 2 unspecified atom stereocenters. The minimum atomic E-state index is -0.727. The topological polar surface area (TPSA) is 56.5 Å². The van der Waals surface area contributed by atoms with Crippen LogP contribution in [0.5, 0.6) is 5.75 Å². The lowest BCUT2D eigenvalue weighted by atomic mass is 10.2. The predicted molar refractivity (Wildman–Crippen MR) is 113 cm³/mol. The van der Waals surface area contributed by atoms with Gasteiger partial charge in [-0.05, 0) is 43.2 Å². The van der Waals surface area contributed by atoms with E-state index >= 15 is 0 Å². The summed E-state index contributed by atoms with van der Waals surface area (Å²) in [6.07, 6.45) is 1.20. The third-order valence-corrected chi connectivity index (χ3v) is 5.15. The van der Waals surface area contributed by atoms with Gasteiger partial charge < -0.3 is 19.1 Å². The van der Waals surface area contributed by atoms with Gasteiger partial charge in [-0.1, -0.05) is 35.3 Å². The minimum Gasteiger partial charge on any atom is -0.489 e. The van der Waals surface area contributed by atoms with E-state index in [-0.39, 0.29) is 25.1 Å². The highest BCUT2D eigenvalue weighted by Gasteiger charge is 2.25. The first-order valence-electron chi connectivity index (χ1n) is 8.94. The molecule has 1 fully saturated rings. The quantitative estimate of drug-likeness (QED) is 0.579. The highest BCUT2D eigenvalue weighted by Crippen LogP contribution is 2.31. The summed E-state index contributed by atoms with van der Waals surface area (Å²) in [4.78, 5) is 4.74. The molecule has 2 heterocycles. The zero-order valence-corrected chi connectivity index (χ0v) is 17.4. The van der Waals surface area contributed by atoms with E-state index in [4.69, 9.17) is 37.7 Å². The van der Waals surface area contributed by atoms with Crippen molar-refractivity contribution in [1.82, 2.24) is 9.55 Å². The minimum absolute atomic E-state index is 0. The van der Waals surface area contributed by atoms with Crippen molar-refractivity contribution in [2.45, 2.75) is 31.6 Å². The van der Waals surface area contributed by atoms with E-state index in [2.05, 4.69) is 0 Å². The Labute approximate surface area is 179 Å². The van der Waals surface area contributed by atoms with E-state index in [1.807, 2.05) is 28.8 Å². The maximum absolute atomic E-state index is 10.6. The van der Waals surface area contributed by atoms with Gasteiger partial charge in [-0.3, -0.25) is 0 Å². The Morgan fingerprint density at radius 3 is 2.82 bits per heavy atom. The van der Waals surface area contributed by atoms with E-state index in [0.29, 0.717) is 22.3 Å². The molecule has 28 heavy (non-hydrogen) atoms. The van der Waals surface area contributed by atoms with Crippen LogP contribution in [-0.4, -0.2) is 34.0 Å². The van der Waals surface area contributed by atoms with Gasteiger partial charge in [-0.15, -0.1) is 12.4 Å². The molecule has 0 bridgehead atoms. The molecule has 2 aromatic carbocycles. The van der Waals surface area contributed by atoms with Gasteiger partial charge in [0.05, 0.1) is 22.6 Å². The van der Waals surface area contributed by atoms with Crippen LogP contribution in [-0.2, 0) is 11.3 Å². The Kier molecular flexibility index (Phi) is 7.07. The van der Waals surface area contributed by atoms with Crippen LogP contribution in [0.25, 0.3) is 11.0 Å². The summed E-state index contributed by atoms with van der Waals surface area (Å²) in [7, 11) is 0. The zero-order chi connectivity index (χ0) is 18.8. The highest BCUT2D eigenvalue weighted by molar-refractivity contribution is 6.35. The number of aliphatic hydroxyl groups excluding tert-OH is 1. The summed E-state index contributed by atoms with van der Waals surface area (Å²) in [5, 5.41) is 11.5. The van der Waals surface area contributed by atoms with Crippen molar-refractivity contribution in [2.24, 2.45) is 0 Å². The molecule has 1 saturated heterocycles. The third kappa shape index (κ3) is 4.56. The van der Waals surface area contributed by atoms with Gasteiger partial charge in [0.25, 0.3) is 0 Å². The average Bonchev–Trinajstić information content (AvgIpc) is 3.29. The van der Waals surface area contributed by atoms with Crippen LogP contribution in [0.1, 0.15) is 24.8 Å². The number of imidazole rings is 1. The Bertz CT molecular complexity index is 942. The van der Waals surface area contributed by atoms with Crippen molar-refractivity contribution in [3.63, 3.8) is 0 Å². The molecule has 150 valence electrons. The summed E-state index contributed by atoms with van der Waals surface area (Å²) in [5.41, 5.74) is 1.88. The average molecular weight is 444 g/mol. The molecule has 0 spiro atoms. The van der Waals surface area contributed by atoms with Gasteiger partial charge in [0, 0.05) is 11.6 Å². The fourth-order valence-corrected chi connectivity index (χ4v) is 3.82. The molecule has 0 radical (unpaired) electrons. The van der Waals surface area contributed by atoms with Crippen LogP contribution in [0.3, 0.4) is 0 Å². The van der Waals surface area contributed by atoms with Crippen molar-refractivity contribution in [3.05, 3.63) is 58.3 Å². The fraction of sp³-hybridized carbons (Fsp3) is 0.350. The standard InChI is InChI=1S/C20H20Cl2N2O3.ClH/c21-13-7-8-18(15(22)10-13)27-12-14(25)11-24-17-5-2-1-4-16(17)23-20(24)19-6-3-9-26-19;/h1-2,4-5,7-8,10,14,19,25H,3,6,9,11-12H2;1H. The molecule has 0 amide bonds. The maximum Gasteiger partial charge on any atom is 0.139 e. The molecular formula is C20H21Cl3N2O3. The Hall–Kier alpha value is -1.50. The Morgan fingerprint density at radius 2 is 2.07 bits per heavy atom. The van der Waals surface area contributed by atoms with Gasteiger partial charge in [0.2, 0.25) is 0 Å². The van der Waals surface area contributed by atoms with Crippen LogP contribution in [0.15, 0.2) is 42.5 Å². The SMILES string of the molecule is Cl.OC(COc1ccc(Cl)cc1Cl)Cn1c(C2CCCO2)nc2ccccc21. The Morgan fingerprint density at radius 1 is 1.25 bits per heavy atom. The second-order valence-electron chi connectivity index (χ2n) is 6.61. The largest absolute Gasteiger partial charge is 0.489 e. The molecule has 5 nitrogen and oxygen atoms in total. The predicted octanol–water partition coefficient (Wildman–Crippen LogP) is 5.06. The summed E-state index contributed by atoms with van der Waals surface area (Å²) in [6, 6.07) is 12.9. The monoisotopic (exact) mass is 442 g/mol. The van der Waals surface area contributed by atoms with Crippen LogP contribution < -0.4 is 4.74 Å². The number of aromatic nitrogens is 2. The molecule has 8 heteroatoms. The molecule has 4 rings (SSSR count). The number of nitrogens with zero attached hydrogens (tertiary/aromatic N) is 2. The van der Waals surface area contributed by atoms with Crippen molar-refractivity contribution in [1.29, 1.82) is 0 Å². The van der Waals surface area contributed by atoms with Crippen molar-refractivity contribution >= 4 is 46.6 Å². The number of ether oxygens (including phenoxy) is 2. The fourth-order valence-electron chi connectivity index (χ4n) is 3.35. The van der Waals surface area contributed by atoms with Crippen LogP contribution in [0.4, 0.5) is 0 Å². The first-order chi connectivity index (χ1) is 13.1. The van der Waals surface area contributed by atoms with Crippen LogP contribution in [0.2, 0.25) is 10.0 Å². The number of halogens is 3. The van der Waals surface area contributed by atoms with Crippen LogP contribution in [0, 0.1) is 0 Å². The number of hydrogen-bond donors (Lipinski definition) is 1. The van der Waals surface area contributed by atoms with Crippen LogP contribution >= 0.6 is 35.6 Å². The summed E-state index contributed by atoms with van der Waals surface area (Å²) < 4.78 is 13.5. The second-order valence-corrected chi connectivity index (χ2v) is 7.45. The normalized spacial score (nSPS) is 17.5. The summed E-state index contributed by atoms with van der Waals surface area (Å²) >= 11 is 12.0. The highest BCUT2D eigenvalue weighted by atomic mass is 35.5. The maximum atomic E-state index is 10.6. The molecular weight excluding hydrogens is 423 g/mol. The zero-order valence-electron chi connectivity index (χ0n) is 15.1. The summed E-state index contributed by atoms with van der Waals surface area (Å²) in [5.74, 6) is 1.35. The van der Waals surface area contributed by atoms with E-state index in [9.17, 15) is 5.11 Å². The number of para-hydroxylation sites is 2. The molecule has 1 N–H and O–H groups in total. The third-order valence-electron chi connectivity index (χ3n) is 4.62. The first-order valence-corrected chi connectivity index (χ1v) is 9.70. The molecule has 1 aromatic heterocycles. The number of fused-ring (bicyclic) bond motifs is 1.